The Labute approximate surface area is 173 Å². The quantitative estimate of drug-likeness (QED) is 0.706. The molecule has 0 spiro atoms. The summed E-state index contributed by atoms with van der Waals surface area (Å²) in [7, 11) is 0. The lowest BCUT2D eigenvalue weighted by molar-refractivity contribution is -0.123. The predicted octanol–water partition coefficient (Wildman–Crippen LogP) is 4.17. The molecule has 0 saturated carbocycles. The number of primary amides is 1. The monoisotopic (exact) mass is 406 g/mol. The van der Waals surface area contributed by atoms with E-state index in [1.54, 1.807) is 23.1 Å². The SMILES string of the molecule is NC(=O)c1cccc(-c2ccc3c(c2)COCC(=O)N3Cc2ccccc2Cl)c1. The zero-order valence-electron chi connectivity index (χ0n) is 15.6. The Hall–Kier alpha value is -3.15. The maximum atomic E-state index is 12.7. The van der Waals surface area contributed by atoms with Gasteiger partial charge in [0.2, 0.25) is 5.91 Å². The van der Waals surface area contributed by atoms with Gasteiger partial charge in [-0.1, -0.05) is 48.0 Å². The fraction of sp³-hybridized carbons (Fsp3) is 0.130. The summed E-state index contributed by atoms with van der Waals surface area (Å²) in [6.07, 6.45) is 0. The lowest BCUT2D eigenvalue weighted by Gasteiger charge is -2.23. The molecule has 1 aliphatic rings. The molecule has 146 valence electrons. The number of carbonyl (C=O) groups excluding carboxylic acids is 2. The number of halogens is 1. The Morgan fingerprint density at radius 3 is 2.59 bits per heavy atom. The van der Waals surface area contributed by atoms with Crippen LogP contribution in [0, 0.1) is 0 Å². The third-order valence-electron chi connectivity index (χ3n) is 4.92. The molecule has 1 aliphatic heterocycles. The highest BCUT2D eigenvalue weighted by Crippen LogP contribution is 2.32. The highest BCUT2D eigenvalue weighted by atomic mass is 35.5. The number of benzene rings is 3. The molecule has 29 heavy (non-hydrogen) atoms. The Bertz CT molecular complexity index is 1100. The molecule has 2 amide bonds. The van der Waals surface area contributed by atoms with Gasteiger partial charge in [-0.15, -0.1) is 0 Å². The average Bonchev–Trinajstić information content (AvgIpc) is 2.88. The van der Waals surface area contributed by atoms with Crippen molar-refractivity contribution in [2.45, 2.75) is 13.2 Å². The zero-order chi connectivity index (χ0) is 20.4. The van der Waals surface area contributed by atoms with E-state index in [9.17, 15) is 9.59 Å². The number of nitrogens with two attached hydrogens (primary N) is 1. The van der Waals surface area contributed by atoms with E-state index in [2.05, 4.69) is 0 Å². The molecule has 6 heteroatoms. The molecule has 5 nitrogen and oxygen atoms in total. The number of nitrogens with zero attached hydrogens (tertiary/aromatic N) is 1. The van der Waals surface area contributed by atoms with Crippen molar-refractivity contribution in [3.8, 4) is 11.1 Å². The molecule has 3 aromatic carbocycles. The fourth-order valence-electron chi connectivity index (χ4n) is 3.43. The van der Waals surface area contributed by atoms with Crippen LogP contribution in [0.5, 0.6) is 0 Å². The van der Waals surface area contributed by atoms with Gasteiger partial charge in [0.1, 0.15) is 6.61 Å². The van der Waals surface area contributed by atoms with Crippen LogP contribution < -0.4 is 10.6 Å². The number of anilines is 1. The number of hydrogen-bond donors (Lipinski definition) is 1. The summed E-state index contributed by atoms with van der Waals surface area (Å²) in [5, 5.41) is 0.618. The van der Waals surface area contributed by atoms with Gasteiger partial charge < -0.3 is 15.4 Å². The number of rotatable bonds is 4. The topological polar surface area (TPSA) is 72.6 Å². The van der Waals surface area contributed by atoms with E-state index in [1.165, 1.54) is 0 Å². The highest BCUT2D eigenvalue weighted by molar-refractivity contribution is 6.31. The van der Waals surface area contributed by atoms with E-state index < -0.39 is 5.91 Å². The normalized spacial score (nSPS) is 13.7. The van der Waals surface area contributed by atoms with E-state index in [4.69, 9.17) is 22.1 Å². The minimum Gasteiger partial charge on any atom is -0.367 e. The number of ether oxygens (including phenoxy) is 1. The van der Waals surface area contributed by atoms with Crippen LogP contribution in [0.25, 0.3) is 11.1 Å². The molecule has 4 rings (SSSR count). The van der Waals surface area contributed by atoms with Crippen molar-refractivity contribution in [1.82, 2.24) is 0 Å². The van der Waals surface area contributed by atoms with Gasteiger partial charge in [-0.3, -0.25) is 9.59 Å². The molecular formula is C23H19ClN2O3. The summed E-state index contributed by atoms with van der Waals surface area (Å²) in [6.45, 7) is 0.695. The van der Waals surface area contributed by atoms with Crippen LogP contribution in [0.3, 0.4) is 0 Å². The molecule has 0 aliphatic carbocycles. The van der Waals surface area contributed by atoms with Crippen LogP contribution >= 0.6 is 11.6 Å². The summed E-state index contributed by atoms with van der Waals surface area (Å²) >= 11 is 6.30. The predicted molar refractivity (Wildman–Crippen MR) is 113 cm³/mol. The van der Waals surface area contributed by atoms with Crippen LogP contribution in [-0.4, -0.2) is 18.4 Å². The number of amides is 2. The van der Waals surface area contributed by atoms with E-state index in [1.807, 2.05) is 48.5 Å². The number of hydrogen-bond acceptors (Lipinski definition) is 3. The van der Waals surface area contributed by atoms with Gasteiger partial charge in [0.15, 0.2) is 0 Å². The first kappa shape index (κ1) is 19.2. The molecule has 1 heterocycles. The van der Waals surface area contributed by atoms with Gasteiger partial charge in [-0.25, -0.2) is 0 Å². The lowest BCUT2D eigenvalue weighted by atomic mass is 9.99. The van der Waals surface area contributed by atoms with Gasteiger partial charge in [0.25, 0.3) is 5.91 Å². The number of fused-ring (bicyclic) bond motifs is 1. The summed E-state index contributed by atoms with van der Waals surface area (Å²) in [5.41, 5.74) is 10.2. The van der Waals surface area contributed by atoms with Crippen molar-refractivity contribution < 1.29 is 14.3 Å². The van der Waals surface area contributed by atoms with Crippen molar-refractivity contribution in [1.29, 1.82) is 0 Å². The van der Waals surface area contributed by atoms with E-state index in [-0.39, 0.29) is 12.5 Å². The third kappa shape index (κ3) is 4.01. The van der Waals surface area contributed by atoms with Gasteiger partial charge in [0.05, 0.1) is 13.2 Å². The van der Waals surface area contributed by atoms with Crippen LogP contribution in [0.15, 0.2) is 66.7 Å². The second-order valence-corrected chi connectivity index (χ2v) is 7.26. The molecule has 0 bridgehead atoms. The second kappa shape index (κ2) is 8.07. The highest BCUT2D eigenvalue weighted by Gasteiger charge is 2.24. The molecule has 0 saturated heterocycles. The largest absolute Gasteiger partial charge is 0.367 e. The minimum atomic E-state index is -0.471. The first-order chi connectivity index (χ1) is 14.0. The van der Waals surface area contributed by atoms with Crippen molar-refractivity contribution >= 4 is 29.1 Å². The maximum absolute atomic E-state index is 12.7. The maximum Gasteiger partial charge on any atom is 0.253 e. The number of carbonyl (C=O) groups is 2. The summed E-state index contributed by atoms with van der Waals surface area (Å²) in [5.74, 6) is -0.589. The Morgan fingerprint density at radius 2 is 1.79 bits per heavy atom. The molecular weight excluding hydrogens is 388 g/mol. The van der Waals surface area contributed by atoms with Gasteiger partial charge in [-0.2, -0.15) is 0 Å². The Balaban J connectivity index is 1.72. The molecule has 0 aromatic heterocycles. The average molecular weight is 407 g/mol. The van der Waals surface area contributed by atoms with E-state index in [0.29, 0.717) is 23.7 Å². The molecule has 0 atom stereocenters. The molecule has 0 unspecified atom stereocenters. The van der Waals surface area contributed by atoms with Crippen molar-refractivity contribution in [2.75, 3.05) is 11.5 Å². The van der Waals surface area contributed by atoms with Crippen molar-refractivity contribution in [2.24, 2.45) is 5.73 Å². The van der Waals surface area contributed by atoms with Crippen LogP contribution in [0.2, 0.25) is 5.02 Å². The molecule has 3 aromatic rings. The summed E-state index contributed by atoms with van der Waals surface area (Å²) in [6, 6.07) is 20.4. The summed E-state index contributed by atoms with van der Waals surface area (Å²) in [4.78, 5) is 25.9. The first-order valence-corrected chi connectivity index (χ1v) is 9.55. The standard InChI is InChI=1S/C23H19ClN2O3/c24-20-7-2-1-4-18(20)12-26-21-9-8-16(11-19(21)13-29-14-22(26)27)15-5-3-6-17(10-15)23(25)28/h1-11H,12-14H2,(H2,25,28). The Kier molecular flexibility index (Phi) is 5.34. The molecule has 2 N–H and O–H groups in total. The van der Waals surface area contributed by atoms with E-state index in [0.717, 1.165) is 27.9 Å². The second-order valence-electron chi connectivity index (χ2n) is 6.85. The zero-order valence-corrected chi connectivity index (χ0v) is 16.4. The molecule has 0 radical (unpaired) electrons. The smallest absolute Gasteiger partial charge is 0.253 e. The van der Waals surface area contributed by atoms with Gasteiger partial charge in [0, 0.05) is 21.8 Å². The molecule has 0 fully saturated rings. The van der Waals surface area contributed by atoms with Crippen molar-refractivity contribution in [3.63, 3.8) is 0 Å². The van der Waals surface area contributed by atoms with Crippen LogP contribution in [-0.2, 0) is 22.7 Å². The van der Waals surface area contributed by atoms with Crippen LogP contribution in [0.1, 0.15) is 21.5 Å². The Morgan fingerprint density at radius 1 is 1.00 bits per heavy atom. The van der Waals surface area contributed by atoms with Crippen molar-refractivity contribution in [3.05, 3.63) is 88.4 Å². The fourth-order valence-corrected chi connectivity index (χ4v) is 3.62. The third-order valence-corrected chi connectivity index (χ3v) is 5.29. The lowest BCUT2D eigenvalue weighted by Crippen LogP contribution is -2.32. The van der Waals surface area contributed by atoms with Crippen LogP contribution in [0.4, 0.5) is 5.69 Å². The van der Waals surface area contributed by atoms with Gasteiger partial charge >= 0.3 is 0 Å². The van der Waals surface area contributed by atoms with E-state index >= 15 is 0 Å². The minimum absolute atomic E-state index is 0.00558. The first-order valence-electron chi connectivity index (χ1n) is 9.17. The van der Waals surface area contributed by atoms with Gasteiger partial charge in [-0.05, 0) is 47.0 Å². The summed E-state index contributed by atoms with van der Waals surface area (Å²) < 4.78 is 5.59.